The van der Waals surface area contributed by atoms with Crippen molar-refractivity contribution < 1.29 is 4.79 Å². The molecule has 0 saturated carbocycles. The van der Waals surface area contributed by atoms with Gasteiger partial charge in [-0.1, -0.05) is 38.1 Å². The third kappa shape index (κ3) is 3.68. The van der Waals surface area contributed by atoms with E-state index in [1.165, 1.54) is 5.69 Å². The van der Waals surface area contributed by atoms with E-state index in [0.717, 1.165) is 16.6 Å². The predicted molar refractivity (Wildman–Crippen MR) is 118 cm³/mol. The second-order valence-electron chi connectivity index (χ2n) is 7.90. The summed E-state index contributed by atoms with van der Waals surface area (Å²) in [4.78, 5) is 12.9. The van der Waals surface area contributed by atoms with Crippen LogP contribution in [0.1, 0.15) is 55.7 Å². The SMILES string of the molecule is CC(C)c1cc2ccc(C(=O)Nc3ccn(-c4ccccc4)n3)cc2n1C(C)C. The molecule has 0 radical (unpaired) electrons. The number of nitrogens with one attached hydrogen (secondary N) is 1. The van der Waals surface area contributed by atoms with Crippen molar-refractivity contribution in [1.29, 1.82) is 0 Å². The van der Waals surface area contributed by atoms with E-state index < -0.39 is 0 Å². The van der Waals surface area contributed by atoms with E-state index in [2.05, 4.69) is 48.7 Å². The predicted octanol–water partition coefficient (Wildman–Crippen LogP) is 5.78. The first-order valence-electron chi connectivity index (χ1n) is 10.0. The lowest BCUT2D eigenvalue weighted by atomic mass is 10.1. The standard InChI is InChI=1S/C24H26N4O/c1-16(2)21-14-18-10-11-19(15-22(18)28(21)17(3)4)24(29)25-23-12-13-27(26-23)20-8-6-5-7-9-20/h5-17H,1-4H3,(H,25,26,29). The minimum Gasteiger partial charge on any atom is -0.342 e. The molecule has 2 aromatic heterocycles. The zero-order valence-electron chi connectivity index (χ0n) is 17.3. The molecule has 0 fully saturated rings. The van der Waals surface area contributed by atoms with Gasteiger partial charge >= 0.3 is 0 Å². The molecule has 1 N–H and O–H groups in total. The minimum atomic E-state index is -0.159. The van der Waals surface area contributed by atoms with Gasteiger partial charge in [0, 0.05) is 35.1 Å². The van der Waals surface area contributed by atoms with E-state index in [1.807, 2.05) is 54.7 Å². The van der Waals surface area contributed by atoms with Crippen molar-refractivity contribution >= 4 is 22.6 Å². The molecule has 2 aromatic carbocycles. The largest absolute Gasteiger partial charge is 0.342 e. The summed E-state index contributed by atoms with van der Waals surface area (Å²) in [6.07, 6.45) is 1.84. The maximum atomic E-state index is 12.9. The number of hydrogen-bond donors (Lipinski definition) is 1. The fraction of sp³-hybridized carbons (Fsp3) is 0.250. The van der Waals surface area contributed by atoms with Gasteiger partial charge in [0.1, 0.15) is 0 Å². The van der Waals surface area contributed by atoms with Crippen LogP contribution in [0.15, 0.2) is 66.9 Å². The number of rotatable bonds is 5. The highest BCUT2D eigenvalue weighted by Gasteiger charge is 2.16. The van der Waals surface area contributed by atoms with Crippen LogP contribution in [0.25, 0.3) is 16.6 Å². The van der Waals surface area contributed by atoms with Crippen molar-refractivity contribution in [1.82, 2.24) is 14.3 Å². The second kappa shape index (κ2) is 7.59. The normalized spacial score (nSPS) is 11.5. The zero-order chi connectivity index (χ0) is 20.5. The first-order valence-corrected chi connectivity index (χ1v) is 10.0. The summed E-state index contributed by atoms with van der Waals surface area (Å²) in [5, 5.41) is 8.53. The summed E-state index contributed by atoms with van der Waals surface area (Å²) in [5.74, 6) is 0.790. The number of amides is 1. The molecule has 2 heterocycles. The van der Waals surface area contributed by atoms with Crippen molar-refractivity contribution in [2.45, 2.75) is 39.7 Å². The van der Waals surface area contributed by atoms with Gasteiger partial charge in [0.2, 0.25) is 0 Å². The average molecular weight is 386 g/mol. The van der Waals surface area contributed by atoms with Gasteiger partial charge in [-0.05, 0) is 55.5 Å². The lowest BCUT2D eigenvalue weighted by Gasteiger charge is -2.17. The first-order chi connectivity index (χ1) is 13.9. The Hall–Kier alpha value is -3.34. The molecule has 1 amide bonds. The van der Waals surface area contributed by atoms with Gasteiger partial charge < -0.3 is 9.88 Å². The third-order valence-electron chi connectivity index (χ3n) is 5.09. The maximum absolute atomic E-state index is 12.9. The average Bonchev–Trinajstić information content (AvgIpc) is 3.32. The summed E-state index contributed by atoms with van der Waals surface area (Å²) in [6, 6.07) is 20.1. The van der Waals surface area contributed by atoms with Crippen LogP contribution in [0.5, 0.6) is 0 Å². The molecule has 0 aliphatic rings. The van der Waals surface area contributed by atoms with Gasteiger partial charge in [0.25, 0.3) is 5.91 Å². The highest BCUT2D eigenvalue weighted by molar-refractivity contribution is 6.05. The molecule has 0 bridgehead atoms. The Bertz CT molecular complexity index is 1150. The van der Waals surface area contributed by atoms with Crippen molar-refractivity contribution in [3.63, 3.8) is 0 Å². The van der Waals surface area contributed by atoms with E-state index in [1.54, 1.807) is 10.7 Å². The van der Waals surface area contributed by atoms with Gasteiger partial charge in [-0.25, -0.2) is 4.68 Å². The molecule has 4 rings (SSSR count). The maximum Gasteiger partial charge on any atom is 0.256 e. The minimum absolute atomic E-state index is 0.159. The van der Waals surface area contributed by atoms with Crippen LogP contribution in [-0.2, 0) is 0 Å². The molecule has 0 unspecified atom stereocenters. The quantitative estimate of drug-likeness (QED) is 0.472. The van der Waals surface area contributed by atoms with E-state index in [0.29, 0.717) is 23.3 Å². The number of para-hydroxylation sites is 1. The van der Waals surface area contributed by atoms with E-state index in [9.17, 15) is 4.79 Å². The molecular weight excluding hydrogens is 360 g/mol. The smallest absolute Gasteiger partial charge is 0.256 e. The summed E-state index contributed by atoms with van der Waals surface area (Å²) >= 11 is 0. The van der Waals surface area contributed by atoms with Gasteiger partial charge in [-0.15, -0.1) is 0 Å². The number of fused-ring (bicyclic) bond motifs is 1. The van der Waals surface area contributed by atoms with E-state index in [4.69, 9.17) is 0 Å². The lowest BCUT2D eigenvalue weighted by Crippen LogP contribution is -2.13. The highest BCUT2D eigenvalue weighted by Crippen LogP contribution is 2.29. The number of aromatic nitrogens is 3. The highest BCUT2D eigenvalue weighted by atomic mass is 16.1. The van der Waals surface area contributed by atoms with Crippen molar-refractivity contribution in [2.24, 2.45) is 0 Å². The summed E-state index contributed by atoms with van der Waals surface area (Å²) < 4.78 is 4.07. The Labute approximate surface area is 171 Å². The lowest BCUT2D eigenvalue weighted by molar-refractivity contribution is 0.102. The molecule has 0 saturated heterocycles. The number of carbonyl (C=O) groups excluding carboxylic acids is 1. The second-order valence-corrected chi connectivity index (χ2v) is 7.90. The summed E-state index contributed by atoms with van der Waals surface area (Å²) in [5.41, 5.74) is 3.95. The summed E-state index contributed by atoms with van der Waals surface area (Å²) in [6.45, 7) is 8.75. The van der Waals surface area contributed by atoms with Crippen LogP contribution in [0.4, 0.5) is 5.82 Å². The Balaban J connectivity index is 1.62. The van der Waals surface area contributed by atoms with Crippen molar-refractivity contribution in [3.05, 3.63) is 78.1 Å². The van der Waals surface area contributed by atoms with E-state index >= 15 is 0 Å². The van der Waals surface area contributed by atoms with Gasteiger partial charge in [0.05, 0.1) is 5.69 Å². The van der Waals surface area contributed by atoms with Crippen LogP contribution in [0.2, 0.25) is 0 Å². The van der Waals surface area contributed by atoms with Gasteiger partial charge in [-0.3, -0.25) is 4.79 Å². The fourth-order valence-electron chi connectivity index (χ4n) is 3.71. The van der Waals surface area contributed by atoms with E-state index in [-0.39, 0.29) is 5.91 Å². The first kappa shape index (κ1) is 19.0. The Morgan fingerprint density at radius 1 is 0.966 bits per heavy atom. The van der Waals surface area contributed by atoms with Crippen LogP contribution in [0, 0.1) is 0 Å². The Morgan fingerprint density at radius 2 is 1.72 bits per heavy atom. The molecule has 0 aliphatic heterocycles. The summed E-state index contributed by atoms with van der Waals surface area (Å²) in [7, 11) is 0. The molecule has 29 heavy (non-hydrogen) atoms. The third-order valence-corrected chi connectivity index (χ3v) is 5.09. The number of anilines is 1. The zero-order valence-corrected chi connectivity index (χ0v) is 17.3. The van der Waals surface area contributed by atoms with Crippen LogP contribution < -0.4 is 5.32 Å². The van der Waals surface area contributed by atoms with Crippen molar-refractivity contribution in [2.75, 3.05) is 5.32 Å². The molecular formula is C24H26N4O. The monoisotopic (exact) mass is 386 g/mol. The Kier molecular flexibility index (Phi) is 4.97. The number of benzene rings is 2. The molecule has 0 aliphatic carbocycles. The molecule has 0 spiro atoms. The van der Waals surface area contributed by atoms with Gasteiger partial charge in [-0.2, -0.15) is 5.10 Å². The number of hydrogen-bond acceptors (Lipinski definition) is 2. The van der Waals surface area contributed by atoms with Crippen LogP contribution in [-0.4, -0.2) is 20.3 Å². The number of carbonyl (C=O) groups is 1. The van der Waals surface area contributed by atoms with Crippen molar-refractivity contribution in [3.8, 4) is 5.69 Å². The van der Waals surface area contributed by atoms with Crippen LogP contribution >= 0.6 is 0 Å². The Morgan fingerprint density at radius 3 is 2.41 bits per heavy atom. The molecule has 5 heteroatoms. The number of nitrogens with zero attached hydrogens (tertiary/aromatic N) is 3. The topological polar surface area (TPSA) is 51.9 Å². The molecule has 148 valence electrons. The van der Waals surface area contributed by atoms with Crippen LogP contribution in [0.3, 0.4) is 0 Å². The molecule has 0 atom stereocenters. The molecule has 5 nitrogen and oxygen atoms in total. The molecule has 4 aromatic rings. The van der Waals surface area contributed by atoms with Gasteiger partial charge in [0.15, 0.2) is 5.82 Å². The fourth-order valence-corrected chi connectivity index (χ4v) is 3.71.